The average Bonchev–Trinajstić information content (AvgIpc) is 2.62. The molecule has 0 bridgehead atoms. The first kappa shape index (κ1) is 20.8. The van der Waals surface area contributed by atoms with E-state index in [1.54, 1.807) is 6.07 Å². The molecule has 0 radical (unpaired) electrons. The van der Waals surface area contributed by atoms with E-state index in [-0.39, 0.29) is 0 Å². The fourth-order valence-corrected chi connectivity index (χ4v) is 2.66. The summed E-state index contributed by atoms with van der Waals surface area (Å²) in [5.74, 6) is -5.51. The summed E-state index contributed by atoms with van der Waals surface area (Å²) < 4.78 is 45.7. The molecule has 0 aliphatic heterocycles. The van der Waals surface area contributed by atoms with Crippen molar-refractivity contribution >= 4 is 33.4 Å². The van der Waals surface area contributed by atoms with Crippen LogP contribution in [0, 0.1) is 24.4 Å². The average molecular weight is 445 g/mol. The predicted octanol–water partition coefficient (Wildman–Crippen LogP) is 3.70. The number of ether oxygens (including phenoxy) is 1. The molecule has 0 spiro atoms. The van der Waals surface area contributed by atoms with Gasteiger partial charge in [-0.3, -0.25) is 9.59 Å². The Morgan fingerprint density at radius 1 is 1.15 bits per heavy atom. The highest BCUT2D eigenvalue weighted by atomic mass is 79.9. The summed E-state index contributed by atoms with van der Waals surface area (Å²) in [6.45, 7) is 2.90. The molecule has 1 atom stereocenters. The minimum atomic E-state index is -1.69. The van der Waals surface area contributed by atoms with Crippen molar-refractivity contribution in [3.05, 3.63) is 57.8 Å². The molecule has 0 heterocycles. The maximum atomic E-state index is 13.5. The van der Waals surface area contributed by atoms with Crippen LogP contribution in [0.5, 0.6) is 5.75 Å². The van der Waals surface area contributed by atoms with Crippen LogP contribution in [0.1, 0.15) is 12.5 Å². The topological polar surface area (TPSA) is 67.4 Å². The molecular formula is C18H16BrF3N2O3. The van der Waals surface area contributed by atoms with Gasteiger partial charge in [0, 0.05) is 0 Å². The summed E-state index contributed by atoms with van der Waals surface area (Å²) in [6, 6.07) is 6.90. The molecule has 2 amide bonds. The smallest absolute Gasteiger partial charge is 0.261 e. The molecular weight excluding hydrogens is 429 g/mol. The summed E-state index contributed by atoms with van der Waals surface area (Å²) in [6.07, 6.45) is -0.906. The Labute approximate surface area is 162 Å². The Hall–Kier alpha value is -2.55. The van der Waals surface area contributed by atoms with Crippen molar-refractivity contribution in [1.82, 2.24) is 5.32 Å². The van der Waals surface area contributed by atoms with Gasteiger partial charge in [-0.05, 0) is 59.6 Å². The van der Waals surface area contributed by atoms with Gasteiger partial charge in [0.15, 0.2) is 23.6 Å². The van der Waals surface area contributed by atoms with Gasteiger partial charge in [-0.1, -0.05) is 6.07 Å². The van der Waals surface area contributed by atoms with Crippen LogP contribution in [0.15, 0.2) is 34.8 Å². The van der Waals surface area contributed by atoms with Crippen molar-refractivity contribution in [3.8, 4) is 5.75 Å². The fraction of sp³-hybridized carbons (Fsp3) is 0.222. The third-order valence-electron chi connectivity index (χ3n) is 3.49. The van der Waals surface area contributed by atoms with Crippen LogP contribution in [0.4, 0.5) is 18.9 Å². The van der Waals surface area contributed by atoms with Crippen molar-refractivity contribution in [3.63, 3.8) is 0 Å². The number of anilines is 1. The first-order chi connectivity index (χ1) is 12.7. The Balaban J connectivity index is 1.89. The van der Waals surface area contributed by atoms with Gasteiger partial charge in [0.2, 0.25) is 5.91 Å². The monoisotopic (exact) mass is 444 g/mol. The second-order valence-corrected chi connectivity index (χ2v) is 6.54. The van der Waals surface area contributed by atoms with Crippen LogP contribution in [0.25, 0.3) is 0 Å². The molecule has 0 saturated heterocycles. The zero-order valence-electron chi connectivity index (χ0n) is 14.4. The molecule has 0 aromatic heterocycles. The summed E-state index contributed by atoms with van der Waals surface area (Å²) >= 11 is 3.33. The van der Waals surface area contributed by atoms with Crippen LogP contribution in [-0.2, 0) is 9.59 Å². The fourth-order valence-electron chi connectivity index (χ4n) is 2.07. The molecule has 2 rings (SSSR count). The Morgan fingerprint density at radius 2 is 1.85 bits per heavy atom. The third-order valence-corrected chi connectivity index (χ3v) is 4.11. The van der Waals surface area contributed by atoms with Crippen molar-refractivity contribution in [1.29, 1.82) is 0 Å². The standard InChI is InChI=1S/C18H16BrF3N2O3/c1-9-3-6-14(11(19)7-9)27-10(2)18(26)23-8-15(25)24-13-5-4-12(20)16(21)17(13)22/h3-7,10H,8H2,1-2H3,(H,23,26)(H,24,25). The zero-order valence-corrected chi connectivity index (χ0v) is 16.0. The molecule has 2 N–H and O–H groups in total. The Morgan fingerprint density at radius 3 is 2.52 bits per heavy atom. The van der Waals surface area contributed by atoms with Crippen molar-refractivity contribution < 1.29 is 27.5 Å². The van der Waals surface area contributed by atoms with Gasteiger partial charge >= 0.3 is 0 Å². The lowest BCUT2D eigenvalue weighted by Crippen LogP contribution is -2.40. The van der Waals surface area contributed by atoms with Crippen molar-refractivity contribution in [2.24, 2.45) is 0 Å². The second kappa shape index (κ2) is 8.90. The number of rotatable bonds is 6. The largest absolute Gasteiger partial charge is 0.480 e. The van der Waals surface area contributed by atoms with E-state index in [4.69, 9.17) is 4.74 Å². The van der Waals surface area contributed by atoms with Crippen molar-refractivity contribution in [2.75, 3.05) is 11.9 Å². The van der Waals surface area contributed by atoms with Gasteiger partial charge in [-0.25, -0.2) is 13.2 Å². The molecule has 5 nitrogen and oxygen atoms in total. The molecule has 0 saturated carbocycles. The highest BCUT2D eigenvalue weighted by Crippen LogP contribution is 2.26. The number of aryl methyl sites for hydroxylation is 1. The van der Waals surface area contributed by atoms with Crippen LogP contribution in [-0.4, -0.2) is 24.5 Å². The van der Waals surface area contributed by atoms with Gasteiger partial charge < -0.3 is 15.4 Å². The molecule has 9 heteroatoms. The first-order valence-electron chi connectivity index (χ1n) is 7.83. The van der Waals surface area contributed by atoms with Crippen molar-refractivity contribution in [2.45, 2.75) is 20.0 Å². The number of hydrogen-bond donors (Lipinski definition) is 2. The van der Waals surface area contributed by atoms with E-state index in [0.717, 1.165) is 11.6 Å². The number of carbonyl (C=O) groups excluding carboxylic acids is 2. The summed E-state index contributed by atoms with van der Waals surface area (Å²) in [4.78, 5) is 23.8. The van der Waals surface area contributed by atoms with E-state index >= 15 is 0 Å². The number of benzene rings is 2. The van der Waals surface area contributed by atoms with E-state index in [0.29, 0.717) is 16.3 Å². The number of amides is 2. The lowest BCUT2D eigenvalue weighted by molar-refractivity contribution is -0.129. The Kier molecular flexibility index (Phi) is 6.84. The number of nitrogens with one attached hydrogen (secondary N) is 2. The number of hydrogen-bond acceptors (Lipinski definition) is 3. The highest BCUT2D eigenvalue weighted by Gasteiger charge is 2.18. The molecule has 0 aliphatic rings. The lowest BCUT2D eigenvalue weighted by Gasteiger charge is -2.16. The molecule has 2 aromatic rings. The summed E-state index contributed by atoms with van der Waals surface area (Å²) in [5, 5.41) is 4.37. The zero-order chi connectivity index (χ0) is 20.1. The number of halogens is 4. The maximum absolute atomic E-state index is 13.5. The highest BCUT2D eigenvalue weighted by molar-refractivity contribution is 9.10. The lowest BCUT2D eigenvalue weighted by atomic mass is 10.2. The molecule has 0 fully saturated rings. The second-order valence-electron chi connectivity index (χ2n) is 5.68. The first-order valence-corrected chi connectivity index (χ1v) is 8.62. The van der Waals surface area contributed by atoms with Gasteiger partial charge in [0.05, 0.1) is 16.7 Å². The summed E-state index contributed by atoms with van der Waals surface area (Å²) in [5.41, 5.74) is 0.480. The van der Waals surface area contributed by atoms with Crippen LogP contribution >= 0.6 is 15.9 Å². The van der Waals surface area contributed by atoms with Gasteiger partial charge in [-0.2, -0.15) is 0 Å². The quantitative estimate of drug-likeness (QED) is 0.667. The van der Waals surface area contributed by atoms with E-state index in [1.807, 2.05) is 19.1 Å². The minimum Gasteiger partial charge on any atom is -0.480 e. The maximum Gasteiger partial charge on any atom is 0.261 e. The molecule has 144 valence electrons. The SMILES string of the molecule is Cc1ccc(OC(C)C(=O)NCC(=O)Nc2ccc(F)c(F)c2F)c(Br)c1. The minimum absolute atomic E-state index is 0.455. The third kappa shape index (κ3) is 5.46. The molecule has 0 aliphatic carbocycles. The van der Waals surface area contributed by atoms with E-state index in [1.165, 1.54) is 6.92 Å². The predicted molar refractivity (Wildman–Crippen MR) is 96.9 cm³/mol. The van der Waals surface area contributed by atoms with Crippen LogP contribution < -0.4 is 15.4 Å². The number of carbonyl (C=O) groups is 2. The molecule has 2 aromatic carbocycles. The molecule has 1 unspecified atom stereocenters. The van der Waals surface area contributed by atoms with Gasteiger partial charge in [0.25, 0.3) is 5.91 Å². The summed E-state index contributed by atoms with van der Waals surface area (Å²) in [7, 11) is 0. The van der Waals surface area contributed by atoms with Gasteiger partial charge in [0.1, 0.15) is 5.75 Å². The van der Waals surface area contributed by atoms with E-state index < -0.39 is 47.6 Å². The van der Waals surface area contributed by atoms with Crippen LogP contribution in [0.3, 0.4) is 0 Å². The van der Waals surface area contributed by atoms with E-state index in [9.17, 15) is 22.8 Å². The van der Waals surface area contributed by atoms with Crippen LogP contribution in [0.2, 0.25) is 0 Å². The molecule has 27 heavy (non-hydrogen) atoms. The Bertz CT molecular complexity index is 877. The van der Waals surface area contributed by atoms with E-state index in [2.05, 4.69) is 26.6 Å². The van der Waals surface area contributed by atoms with Gasteiger partial charge in [-0.15, -0.1) is 0 Å². The normalized spacial score (nSPS) is 11.6.